The first-order valence-corrected chi connectivity index (χ1v) is 5.67. The van der Waals surface area contributed by atoms with Gasteiger partial charge in [-0.3, -0.25) is 4.90 Å². The van der Waals surface area contributed by atoms with E-state index in [1.807, 2.05) is 24.3 Å². The standard InChI is InChI=1S/C13H16N2O/c14-8-11-3-5-12(6-4-11)9-15-7-1-2-13(16)10-15/h3-6,13,16H,1-2,7,9-10H2/t13-/m0/s1. The van der Waals surface area contributed by atoms with Crippen LogP contribution in [0.2, 0.25) is 0 Å². The Morgan fingerprint density at radius 3 is 2.75 bits per heavy atom. The topological polar surface area (TPSA) is 47.3 Å². The van der Waals surface area contributed by atoms with Crippen LogP contribution in [-0.2, 0) is 6.54 Å². The maximum Gasteiger partial charge on any atom is 0.0991 e. The predicted molar refractivity (Wildman–Crippen MR) is 61.7 cm³/mol. The van der Waals surface area contributed by atoms with Crippen LogP contribution in [-0.4, -0.2) is 29.2 Å². The number of aliphatic hydroxyl groups is 1. The number of benzene rings is 1. The predicted octanol–water partition coefficient (Wildman–Crippen LogP) is 1.51. The molecule has 1 atom stereocenters. The minimum absolute atomic E-state index is 0.174. The Bertz CT molecular complexity index is 380. The monoisotopic (exact) mass is 216 g/mol. The Labute approximate surface area is 95.9 Å². The van der Waals surface area contributed by atoms with E-state index < -0.39 is 0 Å². The highest BCUT2D eigenvalue weighted by Gasteiger charge is 2.17. The van der Waals surface area contributed by atoms with E-state index in [9.17, 15) is 5.11 Å². The van der Waals surface area contributed by atoms with Gasteiger partial charge in [-0.05, 0) is 37.1 Å². The number of aliphatic hydroxyl groups excluding tert-OH is 1. The molecular formula is C13H16N2O. The Kier molecular flexibility index (Phi) is 3.55. The molecule has 0 aromatic heterocycles. The lowest BCUT2D eigenvalue weighted by atomic mass is 10.1. The van der Waals surface area contributed by atoms with Crippen LogP contribution in [0.15, 0.2) is 24.3 Å². The molecule has 84 valence electrons. The molecule has 1 aromatic rings. The molecule has 1 N–H and O–H groups in total. The molecule has 0 aliphatic carbocycles. The van der Waals surface area contributed by atoms with Crippen LogP contribution in [0.5, 0.6) is 0 Å². The van der Waals surface area contributed by atoms with E-state index in [0.717, 1.165) is 32.5 Å². The van der Waals surface area contributed by atoms with Gasteiger partial charge in [0.15, 0.2) is 0 Å². The molecule has 0 unspecified atom stereocenters. The fourth-order valence-electron chi connectivity index (χ4n) is 2.12. The molecule has 1 aromatic carbocycles. The average Bonchev–Trinajstić information content (AvgIpc) is 2.30. The van der Waals surface area contributed by atoms with E-state index in [1.165, 1.54) is 5.56 Å². The van der Waals surface area contributed by atoms with Crippen LogP contribution < -0.4 is 0 Å². The van der Waals surface area contributed by atoms with Crippen molar-refractivity contribution in [2.24, 2.45) is 0 Å². The summed E-state index contributed by atoms with van der Waals surface area (Å²) in [5.41, 5.74) is 1.90. The Balaban J connectivity index is 1.95. The van der Waals surface area contributed by atoms with Gasteiger partial charge in [0.2, 0.25) is 0 Å². The maximum atomic E-state index is 9.56. The number of nitriles is 1. The van der Waals surface area contributed by atoms with Crippen LogP contribution in [0, 0.1) is 11.3 Å². The number of hydrogen-bond donors (Lipinski definition) is 1. The van der Waals surface area contributed by atoms with Gasteiger partial charge in [-0.15, -0.1) is 0 Å². The molecule has 1 saturated heterocycles. The summed E-state index contributed by atoms with van der Waals surface area (Å²) in [7, 11) is 0. The van der Waals surface area contributed by atoms with Gasteiger partial charge in [0.25, 0.3) is 0 Å². The van der Waals surface area contributed by atoms with Gasteiger partial charge in [0, 0.05) is 13.1 Å². The van der Waals surface area contributed by atoms with Crippen molar-refractivity contribution >= 4 is 0 Å². The number of likely N-dealkylation sites (tertiary alicyclic amines) is 1. The van der Waals surface area contributed by atoms with Gasteiger partial charge < -0.3 is 5.11 Å². The van der Waals surface area contributed by atoms with E-state index in [1.54, 1.807) is 0 Å². The minimum Gasteiger partial charge on any atom is -0.392 e. The Morgan fingerprint density at radius 2 is 2.12 bits per heavy atom. The lowest BCUT2D eigenvalue weighted by molar-refractivity contribution is 0.0668. The number of β-amino-alcohol motifs (C(OH)–C–C–N with tert-alkyl or cyclic N) is 1. The van der Waals surface area contributed by atoms with Crippen molar-refractivity contribution < 1.29 is 5.11 Å². The second-order valence-electron chi connectivity index (χ2n) is 4.34. The second kappa shape index (κ2) is 5.11. The normalized spacial score (nSPS) is 21.6. The van der Waals surface area contributed by atoms with Gasteiger partial charge in [-0.1, -0.05) is 12.1 Å². The summed E-state index contributed by atoms with van der Waals surface area (Å²) in [5.74, 6) is 0. The van der Waals surface area contributed by atoms with Crippen molar-refractivity contribution in [2.45, 2.75) is 25.5 Å². The summed E-state index contributed by atoms with van der Waals surface area (Å²) in [6, 6.07) is 9.77. The van der Waals surface area contributed by atoms with Crippen LogP contribution in [0.1, 0.15) is 24.0 Å². The molecule has 16 heavy (non-hydrogen) atoms. The lowest BCUT2D eigenvalue weighted by Crippen LogP contribution is -2.37. The smallest absolute Gasteiger partial charge is 0.0991 e. The summed E-state index contributed by atoms with van der Waals surface area (Å²) in [6.07, 6.45) is 1.81. The Hall–Kier alpha value is -1.37. The van der Waals surface area contributed by atoms with Crippen molar-refractivity contribution in [3.63, 3.8) is 0 Å². The average molecular weight is 216 g/mol. The third kappa shape index (κ3) is 2.82. The van der Waals surface area contributed by atoms with E-state index >= 15 is 0 Å². The first-order chi connectivity index (χ1) is 7.78. The van der Waals surface area contributed by atoms with Crippen LogP contribution >= 0.6 is 0 Å². The zero-order chi connectivity index (χ0) is 11.4. The highest BCUT2D eigenvalue weighted by molar-refractivity contribution is 5.31. The highest BCUT2D eigenvalue weighted by Crippen LogP contribution is 2.13. The largest absolute Gasteiger partial charge is 0.392 e. The van der Waals surface area contributed by atoms with Gasteiger partial charge in [-0.25, -0.2) is 0 Å². The third-order valence-corrected chi connectivity index (χ3v) is 2.97. The fraction of sp³-hybridized carbons (Fsp3) is 0.462. The molecule has 1 heterocycles. The number of piperidine rings is 1. The van der Waals surface area contributed by atoms with Crippen molar-refractivity contribution in [1.29, 1.82) is 5.26 Å². The van der Waals surface area contributed by atoms with E-state index in [2.05, 4.69) is 11.0 Å². The molecule has 2 rings (SSSR count). The maximum absolute atomic E-state index is 9.56. The summed E-state index contributed by atoms with van der Waals surface area (Å²) in [5, 5.41) is 18.2. The molecule has 0 bridgehead atoms. The van der Waals surface area contributed by atoms with Crippen molar-refractivity contribution in [3.05, 3.63) is 35.4 Å². The van der Waals surface area contributed by atoms with Crippen molar-refractivity contribution in [3.8, 4) is 6.07 Å². The van der Waals surface area contributed by atoms with E-state index in [4.69, 9.17) is 5.26 Å². The molecule has 0 radical (unpaired) electrons. The van der Waals surface area contributed by atoms with Crippen LogP contribution in [0.3, 0.4) is 0 Å². The fourth-order valence-corrected chi connectivity index (χ4v) is 2.12. The number of hydrogen-bond acceptors (Lipinski definition) is 3. The third-order valence-electron chi connectivity index (χ3n) is 2.97. The van der Waals surface area contributed by atoms with Crippen molar-refractivity contribution in [2.75, 3.05) is 13.1 Å². The molecule has 1 aliphatic rings. The Morgan fingerprint density at radius 1 is 1.38 bits per heavy atom. The van der Waals surface area contributed by atoms with Crippen LogP contribution in [0.4, 0.5) is 0 Å². The van der Waals surface area contributed by atoms with Crippen LogP contribution in [0.25, 0.3) is 0 Å². The zero-order valence-electron chi connectivity index (χ0n) is 9.26. The van der Waals surface area contributed by atoms with Gasteiger partial charge in [-0.2, -0.15) is 5.26 Å². The molecule has 3 nitrogen and oxygen atoms in total. The lowest BCUT2D eigenvalue weighted by Gasteiger charge is -2.29. The number of nitrogens with zero attached hydrogens (tertiary/aromatic N) is 2. The quantitative estimate of drug-likeness (QED) is 0.815. The SMILES string of the molecule is N#Cc1ccc(CN2CCC[C@H](O)C2)cc1. The van der Waals surface area contributed by atoms with E-state index in [0.29, 0.717) is 5.56 Å². The second-order valence-corrected chi connectivity index (χ2v) is 4.34. The van der Waals surface area contributed by atoms with Gasteiger partial charge in [0.05, 0.1) is 17.7 Å². The number of rotatable bonds is 2. The summed E-state index contributed by atoms with van der Waals surface area (Å²) in [6.45, 7) is 2.68. The first-order valence-electron chi connectivity index (χ1n) is 5.67. The molecular weight excluding hydrogens is 200 g/mol. The molecule has 1 aliphatic heterocycles. The summed E-state index contributed by atoms with van der Waals surface area (Å²) >= 11 is 0. The highest BCUT2D eigenvalue weighted by atomic mass is 16.3. The molecule has 1 fully saturated rings. The van der Waals surface area contributed by atoms with E-state index in [-0.39, 0.29) is 6.10 Å². The van der Waals surface area contributed by atoms with Crippen molar-refractivity contribution in [1.82, 2.24) is 4.90 Å². The van der Waals surface area contributed by atoms with Gasteiger partial charge >= 0.3 is 0 Å². The summed E-state index contributed by atoms with van der Waals surface area (Å²) < 4.78 is 0. The molecule has 0 amide bonds. The first kappa shape index (κ1) is 11.1. The minimum atomic E-state index is -0.174. The summed E-state index contributed by atoms with van der Waals surface area (Å²) in [4.78, 5) is 2.26. The molecule has 0 saturated carbocycles. The molecule has 0 spiro atoms. The zero-order valence-corrected chi connectivity index (χ0v) is 9.26. The van der Waals surface area contributed by atoms with Gasteiger partial charge in [0.1, 0.15) is 0 Å². The molecule has 3 heteroatoms.